The zero-order valence-corrected chi connectivity index (χ0v) is 15.0. The lowest BCUT2D eigenvalue weighted by Crippen LogP contribution is -2.46. The largest absolute Gasteiger partial charge is 0.507 e. The fourth-order valence-electron chi connectivity index (χ4n) is 3.62. The van der Waals surface area contributed by atoms with E-state index in [0.29, 0.717) is 29.4 Å². The molecular weight excluding hydrogens is 332 g/mol. The first-order valence-electron chi connectivity index (χ1n) is 8.82. The molecule has 1 atom stereocenters. The number of rotatable bonds is 5. The van der Waals surface area contributed by atoms with E-state index in [9.17, 15) is 9.90 Å². The van der Waals surface area contributed by atoms with Gasteiger partial charge in [-0.25, -0.2) is 0 Å². The summed E-state index contributed by atoms with van der Waals surface area (Å²) in [5, 5.41) is 10.3. The summed E-state index contributed by atoms with van der Waals surface area (Å²) in [6.45, 7) is 0. The van der Waals surface area contributed by atoms with E-state index in [1.54, 1.807) is 13.2 Å². The molecule has 2 aromatic rings. The van der Waals surface area contributed by atoms with Gasteiger partial charge in [0.05, 0.1) is 14.2 Å². The Bertz CT molecular complexity index is 838. The highest BCUT2D eigenvalue weighted by molar-refractivity contribution is 5.93. The van der Waals surface area contributed by atoms with Gasteiger partial charge in [0, 0.05) is 36.1 Å². The molecule has 0 saturated heterocycles. The number of ketones is 1. The molecule has 1 aliphatic heterocycles. The van der Waals surface area contributed by atoms with Crippen LogP contribution < -0.4 is 14.2 Å². The van der Waals surface area contributed by atoms with Gasteiger partial charge in [0.1, 0.15) is 23.0 Å². The second-order valence-electron chi connectivity index (χ2n) is 7.03. The Morgan fingerprint density at radius 3 is 2.42 bits per heavy atom. The third kappa shape index (κ3) is 2.77. The SMILES string of the molecule is COc1ccc(C2(CC3CC3)Oc3cc(OC)cc(O)c3CC2=O)cc1. The third-order valence-electron chi connectivity index (χ3n) is 5.30. The van der Waals surface area contributed by atoms with E-state index in [1.165, 1.54) is 13.2 Å². The number of Topliss-reactive ketones (excluding diaryl/α,β-unsaturated/α-hetero) is 1. The molecule has 136 valence electrons. The topological polar surface area (TPSA) is 65.0 Å². The molecule has 4 rings (SSSR count). The summed E-state index contributed by atoms with van der Waals surface area (Å²) in [5.74, 6) is 2.24. The molecule has 2 aromatic carbocycles. The van der Waals surface area contributed by atoms with Crippen molar-refractivity contribution in [3.8, 4) is 23.0 Å². The first-order valence-corrected chi connectivity index (χ1v) is 8.82. The lowest BCUT2D eigenvalue weighted by Gasteiger charge is -2.38. The van der Waals surface area contributed by atoms with Crippen LogP contribution in [0, 0.1) is 5.92 Å². The van der Waals surface area contributed by atoms with Gasteiger partial charge in [0.2, 0.25) is 0 Å². The maximum absolute atomic E-state index is 13.2. The molecule has 5 nitrogen and oxygen atoms in total. The van der Waals surface area contributed by atoms with Crippen molar-refractivity contribution in [2.24, 2.45) is 5.92 Å². The van der Waals surface area contributed by atoms with E-state index in [0.717, 1.165) is 24.2 Å². The fourth-order valence-corrected chi connectivity index (χ4v) is 3.62. The summed E-state index contributed by atoms with van der Waals surface area (Å²) in [5.41, 5.74) is 0.318. The normalized spacial score (nSPS) is 21.7. The number of phenols is 1. The summed E-state index contributed by atoms with van der Waals surface area (Å²) in [6, 6.07) is 10.7. The minimum atomic E-state index is -1.03. The van der Waals surface area contributed by atoms with Crippen LogP contribution in [0.2, 0.25) is 0 Å². The quantitative estimate of drug-likeness (QED) is 0.889. The highest BCUT2D eigenvalue weighted by Gasteiger charge is 2.49. The molecule has 0 radical (unpaired) electrons. The fraction of sp³-hybridized carbons (Fsp3) is 0.381. The van der Waals surface area contributed by atoms with Gasteiger partial charge in [0.25, 0.3) is 0 Å². The van der Waals surface area contributed by atoms with Crippen molar-refractivity contribution < 1.29 is 24.1 Å². The number of fused-ring (bicyclic) bond motifs is 1. The van der Waals surface area contributed by atoms with Crippen molar-refractivity contribution in [3.63, 3.8) is 0 Å². The van der Waals surface area contributed by atoms with E-state index in [1.807, 2.05) is 24.3 Å². The standard InChI is InChI=1S/C21H22O5/c1-24-15-7-5-14(6-8-15)21(12-13-3-4-13)20(23)11-17-18(22)9-16(25-2)10-19(17)26-21/h5-10,13,22H,3-4,11-12H2,1-2H3. The van der Waals surface area contributed by atoms with Crippen molar-refractivity contribution in [1.82, 2.24) is 0 Å². The molecule has 1 saturated carbocycles. The molecule has 5 heteroatoms. The van der Waals surface area contributed by atoms with Crippen LogP contribution in [0.15, 0.2) is 36.4 Å². The predicted molar refractivity (Wildman–Crippen MR) is 96.0 cm³/mol. The highest BCUT2D eigenvalue weighted by Crippen LogP contribution is 2.49. The van der Waals surface area contributed by atoms with Gasteiger partial charge in [-0.2, -0.15) is 0 Å². The number of benzene rings is 2. The number of ether oxygens (including phenoxy) is 3. The minimum Gasteiger partial charge on any atom is -0.507 e. The Morgan fingerprint density at radius 1 is 1.12 bits per heavy atom. The van der Waals surface area contributed by atoms with Crippen molar-refractivity contribution >= 4 is 5.78 Å². The zero-order valence-electron chi connectivity index (χ0n) is 15.0. The van der Waals surface area contributed by atoms with Crippen molar-refractivity contribution in [1.29, 1.82) is 0 Å². The lowest BCUT2D eigenvalue weighted by atomic mass is 9.79. The Morgan fingerprint density at radius 2 is 1.81 bits per heavy atom. The van der Waals surface area contributed by atoms with Gasteiger partial charge < -0.3 is 19.3 Å². The Kier molecular flexibility index (Phi) is 4.02. The number of hydrogen-bond donors (Lipinski definition) is 1. The Balaban J connectivity index is 1.80. The van der Waals surface area contributed by atoms with Gasteiger partial charge >= 0.3 is 0 Å². The molecule has 1 aliphatic carbocycles. The monoisotopic (exact) mass is 354 g/mol. The average Bonchev–Trinajstić information content (AvgIpc) is 3.47. The maximum atomic E-state index is 13.2. The molecule has 1 heterocycles. The molecule has 0 amide bonds. The van der Waals surface area contributed by atoms with Gasteiger partial charge in [-0.1, -0.05) is 25.0 Å². The van der Waals surface area contributed by atoms with Crippen LogP contribution in [-0.2, 0) is 16.8 Å². The third-order valence-corrected chi connectivity index (χ3v) is 5.30. The molecule has 0 aromatic heterocycles. The molecule has 1 N–H and O–H groups in total. The molecular formula is C21H22O5. The first-order chi connectivity index (χ1) is 12.6. The van der Waals surface area contributed by atoms with Crippen LogP contribution in [0.5, 0.6) is 23.0 Å². The summed E-state index contributed by atoms with van der Waals surface area (Å²) >= 11 is 0. The van der Waals surface area contributed by atoms with Crippen molar-refractivity contribution in [2.75, 3.05) is 14.2 Å². The second kappa shape index (κ2) is 6.24. The number of carbonyl (C=O) groups excluding carboxylic acids is 1. The maximum Gasteiger partial charge on any atom is 0.192 e. The zero-order chi connectivity index (χ0) is 18.3. The van der Waals surface area contributed by atoms with E-state index in [4.69, 9.17) is 14.2 Å². The van der Waals surface area contributed by atoms with Crippen LogP contribution in [-0.4, -0.2) is 25.1 Å². The smallest absolute Gasteiger partial charge is 0.192 e. The number of methoxy groups -OCH3 is 2. The Hall–Kier alpha value is -2.69. The van der Waals surface area contributed by atoms with Crippen molar-refractivity contribution in [2.45, 2.75) is 31.3 Å². The highest BCUT2D eigenvalue weighted by atomic mass is 16.5. The molecule has 26 heavy (non-hydrogen) atoms. The van der Waals surface area contributed by atoms with E-state index in [2.05, 4.69) is 0 Å². The molecule has 0 spiro atoms. The van der Waals surface area contributed by atoms with Crippen LogP contribution in [0.25, 0.3) is 0 Å². The van der Waals surface area contributed by atoms with Gasteiger partial charge in [-0.05, 0) is 18.1 Å². The summed E-state index contributed by atoms with van der Waals surface area (Å²) in [6.07, 6.45) is 3.02. The number of hydrogen-bond acceptors (Lipinski definition) is 5. The molecule has 1 unspecified atom stereocenters. The summed E-state index contributed by atoms with van der Waals surface area (Å²) in [7, 11) is 3.15. The van der Waals surface area contributed by atoms with Gasteiger partial charge in [-0.3, -0.25) is 4.79 Å². The van der Waals surface area contributed by atoms with Gasteiger partial charge in [-0.15, -0.1) is 0 Å². The van der Waals surface area contributed by atoms with Crippen LogP contribution in [0.1, 0.15) is 30.4 Å². The molecule has 1 fully saturated rings. The first kappa shape index (κ1) is 16.8. The Labute approximate surface area is 152 Å². The predicted octanol–water partition coefficient (Wildman–Crippen LogP) is 3.61. The van der Waals surface area contributed by atoms with E-state index < -0.39 is 5.60 Å². The second-order valence-corrected chi connectivity index (χ2v) is 7.03. The van der Waals surface area contributed by atoms with E-state index >= 15 is 0 Å². The molecule has 2 aliphatic rings. The van der Waals surface area contributed by atoms with E-state index in [-0.39, 0.29) is 18.0 Å². The molecule has 0 bridgehead atoms. The van der Waals surface area contributed by atoms with Crippen LogP contribution in [0.4, 0.5) is 0 Å². The average molecular weight is 354 g/mol. The minimum absolute atomic E-state index is 0.0254. The number of phenolic OH excluding ortho intramolecular Hbond substituents is 1. The van der Waals surface area contributed by atoms with Gasteiger partial charge in [0.15, 0.2) is 11.4 Å². The lowest BCUT2D eigenvalue weighted by molar-refractivity contribution is -0.138. The number of carbonyl (C=O) groups is 1. The van der Waals surface area contributed by atoms with Crippen LogP contribution in [0.3, 0.4) is 0 Å². The number of aromatic hydroxyl groups is 1. The summed E-state index contributed by atoms with van der Waals surface area (Å²) < 4.78 is 16.8. The van der Waals surface area contributed by atoms with Crippen LogP contribution >= 0.6 is 0 Å². The summed E-state index contributed by atoms with van der Waals surface area (Å²) in [4.78, 5) is 13.2. The van der Waals surface area contributed by atoms with Crippen molar-refractivity contribution in [3.05, 3.63) is 47.5 Å².